The average Bonchev–Trinajstić information content (AvgIpc) is 3.23. The molecule has 0 radical (unpaired) electrons. The van der Waals surface area contributed by atoms with Gasteiger partial charge in [-0.2, -0.15) is 0 Å². The Morgan fingerprint density at radius 3 is 2.76 bits per heavy atom. The fraction of sp³-hybridized carbons (Fsp3) is 0.304. The lowest BCUT2D eigenvalue weighted by atomic mass is 10.1. The van der Waals surface area contributed by atoms with Crippen LogP contribution in [0.3, 0.4) is 0 Å². The first-order valence-electron chi connectivity index (χ1n) is 10.5. The molecule has 0 unspecified atom stereocenters. The number of aromatic nitrogens is 3. The van der Waals surface area contributed by atoms with Gasteiger partial charge < -0.3 is 16.4 Å². The van der Waals surface area contributed by atoms with Crippen molar-refractivity contribution in [1.82, 2.24) is 19.9 Å². The van der Waals surface area contributed by atoms with E-state index in [1.807, 2.05) is 0 Å². The lowest BCUT2D eigenvalue weighted by molar-refractivity contribution is -0.124. The molecule has 4 rings (SSSR count). The maximum absolute atomic E-state index is 13.2. The van der Waals surface area contributed by atoms with Crippen LogP contribution in [0.1, 0.15) is 47.1 Å². The van der Waals surface area contributed by atoms with Crippen molar-refractivity contribution in [3.8, 4) is 0 Å². The second-order valence-electron chi connectivity index (χ2n) is 7.87. The lowest BCUT2D eigenvalue weighted by Gasteiger charge is -2.16. The third kappa shape index (κ3) is 4.69. The van der Waals surface area contributed by atoms with Gasteiger partial charge in [-0.3, -0.25) is 14.2 Å². The molecule has 33 heavy (non-hydrogen) atoms. The van der Waals surface area contributed by atoms with Gasteiger partial charge in [0, 0.05) is 30.8 Å². The highest BCUT2D eigenvalue weighted by atomic mass is 19.3. The molecule has 10 heteroatoms. The number of halogens is 2. The van der Waals surface area contributed by atoms with Gasteiger partial charge >= 0.3 is 0 Å². The van der Waals surface area contributed by atoms with Crippen LogP contribution in [0, 0.1) is 6.92 Å². The number of aryl methyl sites for hydroxylation is 2. The van der Waals surface area contributed by atoms with Crippen LogP contribution in [-0.4, -0.2) is 20.4 Å². The molecule has 0 saturated carbocycles. The summed E-state index contributed by atoms with van der Waals surface area (Å²) in [5.41, 5.74) is 7.26. The Kier molecular flexibility index (Phi) is 6.34. The van der Waals surface area contributed by atoms with Gasteiger partial charge in [-0.15, -0.1) is 0 Å². The number of nitrogens with two attached hydrogens (primary N) is 1. The first-order chi connectivity index (χ1) is 15.8. The molecule has 1 amide bonds. The number of amides is 1. The number of carbonyl (C=O) groups is 1. The Morgan fingerprint density at radius 2 is 2.00 bits per heavy atom. The summed E-state index contributed by atoms with van der Waals surface area (Å²) in [5.74, 6) is 0.624. The Labute approximate surface area is 188 Å². The molecule has 4 N–H and O–H groups in total. The molecule has 0 saturated heterocycles. The molecule has 1 aromatic carbocycles. The van der Waals surface area contributed by atoms with E-state index in [1.54, 1.807) is 37.3 Å². The van der Waals surface area contributed by atoms with Gasteiger partial charge in [0.2, 0.25) is 5.91 Å². The van der Waals surface area contributed by atoms with Crippen LogP contribution in [0.15, 0.2) is 47.4 Å². The second-order valence-corrected chi connectivity index (χ2v) is 7.87. The van der Waals surface area contributed by atoms with E-state index in [0.717, 1.165) is 11.3 Å². The number of nitrogen functional groups attached to an aromatic ring is 1. The Bertz CT molecular complexity index is 1240. The van der Waals surface area contributed by atoms with Crippen molar-refractivity contribution < 1.29 is 13.6 Å². The van der Waals surface area contributed by atoms with Gasteiger partial charge in [-0.05, 0) is 30.5 Å². The fourth-order valence-corrected chi connectivity index (χ4v) is 3.97. The van der Waals surface area contributed by atoms with Crippen LogP contribution in [0.5, 0.6) is 0 Å². The van der Waals surface area contributed by atoms with Gasteiger partial charge in [0.25, 0.3) is 12.0 Å². The molecule has 8 nitrogen and oxygen atoms in total. The quantitative estimate of drug-likeness (QED) is 0.506. The smallest absolute Gasteiger partial charge is 0.277 e. The van der Waals surface area contributed by atoms with Gasteiger partial charge in [0.15, 0.2) is 0 Å². The maximum atomic E-state index is 13.2. The van der Waals surface area contributed by atoms with E-state index in [0.29, 0.717) is 30.0 Å². The van der Waals surface area contributed by atoms with Crippen molar-refractivity contribution in [2.75, 3.05) is 11.1 Å². The third-order valence-corrected chi connectivity index (χ3v) is 5.76. The lowest BCUT2D eigenvalue weighted by Crippen LogP contribution is -2.36. The summed E-state index contributed by atoms with van der Waals surface area (Å²) >= 11 is 0. The summed E-state index contributed by atoms with van der Waals surface area (Å²) < 4.78 is 27.8. The van der Waals surface area contributed by atoms with Crippen molar-refractivity contribution in [2.24, 2.45) is 0 Å². The highest BCUT2D eigenvalue weighted by molar-refractivity contribution is 5.81. The number of hydrogen-bond donors (Lipinski definition) is 3. The van der Waals surface area contributed by atoms with E-state index >= 15 is 0 Å². The summed E-state index contributed by atoms with van der Waals surface area (Å²) in [6.07, 6.45) is -0.284. The molecule has 1 atom stereocenters. The fourth-order valence-electron chi connectivity index (χ4n) is 3.97. The second kappa shape index (κ2) is 9.35. The number of alkyl halides is 2. The molecule has 0 aliphatic carbocycles. The molecule has 172 valence electrons. The summed E-state index contributed by atoms with van der Waals surface area (Å²) in [7, 11) is 0. The van der Waals surface area contributed by atoms with Gasteiger partial charge in [-0.25, -0.2) is 18.7 Å². The Morgan fingerprint density at radius 1 is 1.21 bits per heavy atom. The van der Waals surface area contributed by atoms with E-state index in [4.69, 9.17) is 5.73 Å². The van der Waals surface area contributed by atoms with Crippen LogP contribution in [0.4, 0.5) is 20.3 Å². The summed E-state index contributed by atoms with van der Waals surface area (Å²) in [6, 6.07) is 8.91. The van der Waals surface area contributed by atoms with Crippen LogP contribution >= 0.6 is 0 Å². The molecule has 3 heterocycles. The molecule has 0 spiro atoms. The van der Waals surface area contributed by atoms with Crippen LogP contribution < -0.4 is 21.9 Å². The minimum absolute atomic E-state index is 0.0387. The average molecular weight is 454 g/mol. The van der Waals surface area contributed by atoms with Crippen LogP contribution in [-0.2, 0) is 24.3 Å². The number of benzene rings is 1. The zero-order valence-electron chi connectivity index (χ0n) is 18.0. The topological polar surface area (TPSA) is 115 Å². The molecule has 0 fully saturated rings. The van der Waals surface area contributed by atoms with E-state index in [1.165, 1.54) is 16.8 Å². The predicted octanol–water partition coefficient (Wildman–Crippen LogP) is 2.88. The number of fused-ring (bicyclic) bond motifs is 1. The molecular formula is C23H24F2N6O2. The highest BCUT2D eigenvalue weighted by Crippen LogP contribution is 2.25. The SMILES string of the molecule is Cc1nc(N)ccc1CNC(=O)[C@@H]1CCc2ncc(NCc3ccccc3C(F)F)c(=O)n21. The van der Waals surface area contributed by atoms with E-state index in [9.17, 15) is 18.4 Å². The summed E-state index contributed by atoms with van der Waals surface area (Å²) in [6.45, 7) is 2.10. The van der Waals surface area contributed by atoms with Crippen molar-refractivity contribution in [1.29, 1.82) is 0 Å². The zero-order valence-corrected chi connectivity index (χ0v) is 18.0. The van der Waals surface area contributed by atoms with E-state index < -0.39 is 18.0 Å². The van der Waals surface area contributed by atoms with E-state index in [-0.39, 0.29) is 30.2 Å². The Balaban J connectivity index is 1.49. The number of pyridine rings is 1. The number of anilines is 2. The minimum atomic E-state index is -2.62. The van der Waals surface area contributed by atoms with Crippen molar-refractivity contribution in [3.63, 3.8) is 0 Å². The van der Waals surface area contributed by atoms with Gasteiger partial charge in [-0.1, -0.05) is 30.3 Å². The largest absolute Gasteiger partial charge is 0.384 e. The van der Waals surface area contributed by atoms with Gasteiger partial charge in [0.1, 0.15) is 23.4 Å². The van der Waals surface area contributed by atoms with Crippen LogP contribution in [0.2, 0.25) is 0 Å². The molecule has 2 aromatic heterocycles. The van der Waals surface area contributed by atoms with Crippen molar-refractivity contribution >= 4 is 17.4 Å². The van der Waals surface area contributed by atoms with Gasteiger partial charge in [0.05, 0.1) is 6.20 Å². The van der Waals surface area contributed by atoms with Crippen molar-refractivity contribution in [2.45, 2.75) is 45.3 Å². The summed E-state index contributed by atoms with van der Waals surface area (Å²) in [4.78, 5) is 34.5. The normalized spacial score (nSPS) is 14.8. The monoisotopic (exact) mass is 454 g/mol. The number of rotatable bonds is 7. The number of hydrogen-bond acceptors (Lipinski definition) is 6. The molecule has 1 aliphatic heterocycles. The predicted molar refractivity (Wildman–Crippen MR) is 120 cm³/mol. The first kappa shape index (κ1) is 22.4. The molecule has 0 bridgehead atoms. The minimum Gasteiger partial charge on any atom is -0.384 e. The molecule has 3 aromatic rings. The molecule has 1 aliphatic rings. The highest BCUT2D eigenvalue weighted by Gasteiger charge is 2.31. The number of nitrogens with zero attached hydrogens (tertiary/aromatic N) is 3. The van der Waals surface area contributed by atoms with Crippen LogP contribution in [0.25, 0.3) is 0 Å². The zero-order chi connectivity index (χ0) is 23.5. The van der Waals surface area contributed by atoms with E-state index in [2.05, 4.69) is 20.6 Å². The third-order valence-electron chi connectivity index (χ3n) is 5.76. The number of nitrogens with one attached hydrogen (secondary N) is 2. The standard InChI is InChI=1S/C23H24F2N6O2/c1-13-14(6-8-19(26)30-13)10-29-22(32)18-7-9-20-28-12-17(23(33)31(18)20)27-11-15-4-2-3-5-16(15)21(24)25/h2-6,8,12,18,21,27H,7,9-11H2,1H3,(H2,26,30)(H,29,32)/t18-/m0/s1. The first-order valence-corrected chi connectivity index (χ1v) is 10.5. The van der Waals surface area contributed by atoms with Crippen molar-refractivity contribution in [3.05, 3.63) is 81.2 Å². The Hall–Kier alpha value is -3.82. The summed E-state index contributed by atoms with van der Waals surface area (Å²) in [5, 5.41) is 5.76. The number of carbonyl (C=O) groups excluding carboxylic acids is 1. The molecular weight excluding hydrogens is 430 g/mol. The maximum Gasteiger partial charge on any atom is 0.277 e.